The molecule has 44 heavy (non-hydrogen) atoms. The number of esters is 4. The Kier molecular flexibility index (Phi) is 8.11. The summed E-state index contributed by atoms with van der Waals surface area (Å²) in [5.74, 6) is -4.00. The average molecular weight is 611 g/mol. The molecule has 1 aliphatic heterocycles. The predicted octanol–water partition coefficient (Wildman–Crippen LogP) is 3.00. The number of hydrogen-bond acceptors (Lipinski definition) is 11. The summed E-state index contributed by atoms with van der Waals surface area (Å²) in [6, 6.07) is 16.3. The highest BCUT2D eigenvalue weighted by Gasteiger charge is 2.86. The third-order valence-electron chi connectivity index (χ3n) is 9.41. The smallest absolute Gasteiger partial charge is 0.338 e. The molecule has 8 atom stereocenters. The van der Waals surface area contributed by atoms with E-state index in [-0.39, 0.29) is 24.0 Å². The second-order valence-electron chi connectivity index (χ2n) is 12.6. The lowest BCUT2D eigenvalue weighted by Crippen LogP contribution is -2.83. The SMILES string of the molecule is CC(=O)OC[C@@]12C(OC(=O)c3ccccc3)CC[C@](C)(O)[C@]13OC(C)(C)[C@H]([C@H](O)[C@H]2OC(=O)c1ccccc1)[C@H]3OC(C)=O. The van der Waals surface area contributed by atoms with Crippen LogP contribution in [-0.4, -0.2) is 81.9 Å². The zero-order valence-corrected chi connectivity index (χ0v) is 25.4. The standard InChI is InChI=1S/C33H38O11/c1-19(34)40-18-32-23(42-28(37)21-12-8-6-9-13-21)16-17-31(5,39)33(32)26(41-20(2)35)24(30(3,4)44-33)25(36)27(32)43-29(38)22-14-10-7-11-15-22/h6-15,23-27,36,39H,16-18H2,1-5H3/t23?,24-,25+,26-,27-,31+,32+,33+/m1/s1. The number of aliphatic hydroxyl groups excluding tert-OH is 1. The van der Waals surface area contributed by atoms with Crippen molar-refractivity contribution < 1.29 is 53.1 Å². The largest absolute Gasteiger partial charge is 0.465 e. The molecule has 0 radical (unpaired) electrons. The van der Waals surface area contributed by atoms with Gasteiger partial charge in [-0.05, 0) is 57.9 Å². The molecule has 11 nitrogen and oxygen atoms in total. The normalized spacial score (nSPS) is 35.1. The highest BCUT2D eigenvalue weighted by atomic mass is 16.6. The second kappa shape index (κ2) is 11.3. The zero-order chi connectivity index (χ0) is 32.1. The van der Waals surface area contributed by atoms with Crippen LogP contribution in [0.4, 0.5) is 0 Å². The molecule has 1 unspecified atom stereocenters. The number of ether oxygens (including phenoxy) is 5. The maximum Gasteiger partial charge on any atom is 0.338 e. The molecule has 5 rings (SSSR count). The van der Waals surface area contributed by atoms with E-state index in [2.05, 4.69) is 0 Å². The van der Waals surface area contributed by atoms with Crippen LogP contribution in [0.25, 0.3) is 0 Å². The van der Waals surface area contributed by atoms with Crippen molar-refractivity contribution in [2.45, 2.75) is 88.7 Å². The van der Waals surface area contributed by atoms with Crippen LogP contribution >= 0.6 is 0 Å². The van der Waals surface area contributed by atoms with Gasteiger partial charge in [0.2, 0.25) is 0 Å². The van der Waals surface area contributed by atoms with E-state index in [9.17, 15) is 29.4 Å². The van der Waals surface area contributed by atoms with Crippen LogP contribution in [0.2, 0.25) is 0 Å². The van der Waals surface area contributed by atoms with E-state index in [4.69, 9.17) is 23.7 Å². The van der Waals surface area contributed by atoms with Gasteiger partial charge in [-0.1, -0.05) is 36.4 Å². The maximum absolute atomic E-state index is 13.6. The van der Waals surface area contributed by atoms with Crippen molar-refractivity contribution >= 4 is 23.9 Å². The van der Waals surface area contributed by atoms with Gasteiger partial charge in [-0.15, -0.1) is 0 Å². The molecule has 2 N–H and O–H groups in total. The Labute approximate surface area is 255 Å². The van der Waals surface area contributed by atoms with E-state index in [1.165, 1.54) is 32.9 Å². The molecule has 1 heterocycles. The van der Waals surface area contributed by atoms with Gasteiger partial charge in [-0.3, -0.25) is 9.59 Å². The molecule has 1 saturated heterocycles. The van der Waals surface area contributed by atoms with Crippen LogP contribution in [0.3, 0.4) is 0 Å². The minimum Gasteiger partial charge on any atom is -0.465 e. The number of hydrogen-bond donors (Lipinski definition) is 2. The molecule has 0 amide bonds. The van der Waals surface area contributed by atoms with Gasteiger partial charge in [0, 0.05) is 13.8 Å². The van der Waals surface area contributed by atoms with Crippen molar-refractivity contribution in [3.63, 3.8) is 0 Å². The number of carbonyl (C=O) groups is 4. The lowest BCUT2D eigenvalue weighted by Gasteiger charge is -2.65. The summed E-state index contributed by atoms with van der Waals surface area (Å²) in [5.41, 5.74) is -6.66. The summed E-state index contributed by atoms with van der Waals surface area (Å²) < 4.78 is 30.5. The van der Waals surface area contributed by atoms with E-state index in [0.717, 1.165) is 0 Å². The molecule has 1 spiro atoms. The molecular formula is C33H38O11. The number of benzene rings is 2. The Bertz CT molecular complexity index is 1420. The Morgan fingerprint density at radius 1 is 0.818 bits per heavy atom. The van der Waals surface area contributed by atoms with Crippen LogP contribution in [0, 0.1) is 11.3 Å². The van der Waals surface area contributed by atoms with Crippen molar-refractivity contribution in [3.8, 4) is 0 Å². The zero-order valence-electron chi connectivity index (χ0n) is 25.4. The lowest BCUT2D eigenvalue weighted by molar-refractivity contribution is -0.347. The van der Waals surface area contributed by atoms with Gasteiger partial charge in [0.25, 0.3) is 0 Å². The third-order valence-corrected chi connectivity index (χ3v) is 9.41. The molecule has 11 heteroatoms. The molecule has 3 fully saturated rings. The summed E-state index contributed by atoms with van der Waals surface area (Å²) >= 11 is 0. The van der Waals surface area contributed by atoms with Gasteiger partial charge in [-0.25, -0.2) is 9.59 Å². The molecule has 3 aliphatic rings. The minimum absolute atomic E-state index is 0.00193. The first-order valence-corrected chi connectivity index (χ1v) is 14.6. The number of aliphatic hydroxyl groups is 2. The molecule has 2 bridgehead atoms. The quantitative estimate of drug-likeness (QED) is 0.351. The monoisotopic (exact) mass is 610 g/mol. The van der Waals surface area contributed by atoms with Gasteiger partial charge in [-0.2, -0.15) is 0 Å². The summed E-state index contributed by atoms with van der Waals surface area (Å²) in [6.07, 6.45) is -5.72. The van der Waals surface area contributed by atoms with E-state index < -0.39 is 83.0 Å². The average Bonchev–Trinajstić information content (AvgIpc) is 3.17. The van der Waals surface area contributed by atoms with Crippen LogP contribution in [0.1, 0.15) is 68.2 Å². The molecule has 2 aromatic carbocycles. The van der Waals surface area contributed by atoms with Gasteiger partial charge >= 0.3 is 23.9 Å². The van der Waals surface area contributed by atoms with Crippen molar-refractivity contribution in [2.24, 2.45) is 11.3 Å². The fraction of sp³-hybridized carbons (Fsp3) is 0.515. The Morgan fingerprint density at radius 2 is 1.36 bits per heavy atom. The van der Waals surface area contributed by atoms with E-state index in [0.29, 0.717) is 0 Å². The molecule has 2 aromatic rings. The van der Waals surface area contributed by atoms with Crippen LogP contribution < -0.4 is 0 Å². The summed E-state index contributed by atoms with van der Waals surface area (Å²) in [7, 11) is 0. The highest BCUT2D eigenvalue weighted by Crippen LogP contribution is 2.69. The number of carbonyl (C=O) groups excluding carboxylic acids is 4. The van der Waals surface area contributed by atoms with Crippen molar-refractivity contribution in [1.29, 1.82) is 0 Å². The maximum atomic E-state index is 13.6. The summed E-state index contributed by atoms with van der Waals surface area (Å²) in [5, 5.41) is 24.5. The topological polar surface area (TPSA) is 155 Å². The molecule has 0 aromatic heterocycles. The van der Waals surface area contributed by atoms with Crippen LogP contribution in [0.15, 0.2) is 60.7 Å². The van der Waals surface area contributed by atoms with Gasteiger partial charge in [0.1, 0.15) is 36.4 Å². The fourth-order valence-corrected chi connectivity index (χ4v) is 7.72. The molecule has 236 valence electrons. The molecule has 2 aliphatic carbocycles. The van der Waals surface area contributed by atoms with Crippen molar-refractivity contribution in [2.75, 3.05) is 6.61 Å². The predicted molar refractivity (Wildman–Crippen MR) is 153 cm³/mol. The molecular weight excluding hydrogens is 572 g/mol. The number of fused-ring (bicyclic) bond motifs is 1. The van der Waals surface area contributed by atoms with Gasteiger partial charge < -0.3 is 33.9 Å². The molecule has 2 saturated carbocycles. The Morgan fingerprint density at radius 3 is 1.89 bits per heavy atom. The number of rotatable bonds is 7. The fourth-order valence-electron chi connectivity index (χ4n) is 7.72. The minimum atomic E-state index is -1.99. The first-order valence-electron chi connectivity index (χ1n) is 14.6. The first kappa shape index (κ1) is 31.6. The first-order chi connectivity index (χ1) is 20.7. The summed E-state index contributed by atoms with van der Waals surface area (Å²) in [4.78, 5) is 52.2. The van der Waals surface area contributed by atoms with E-state index in [1.807, 2.05) is 0 Å². The third kappa shape index (κ3) is 4.87. The van der Waals surface area contributed by atoms with Gasteiger partial charge in [0.05, 0.1) is 28.2 Å². The lowest BCUT2D eigenvalue weighted by atomic mass is 9.46. The Hall–Kier alpha value is -3.80. The highest BCUT2D eigenvalue weighted by molar-refractivity contribution is 5.90. The van der Waals surface area contributed by atoms with E-state index >= 15 is 0 Å². The Balaban J connectivity index is 1.77. The van der Waals surface area contributed by atoms with Gasteiger partial charge in [0.15, 0.2) is 5.60 Å². The van der Waals surface area contributed by atoms with E-state index in [1.54, 1.807) is 62.4 Å². The second-order valence-corrected chi connectivity index (χ2v) is 12.6. The van der Waals surface area contributed by atoms with Crippen molar-refractivity contribution in [3.05, 3.63) is 71.8 Å². The van der Waals surface area contributed by atoms with Crippen LogP contribution in [-0.2, 0) is 33.3 Å². The van der Waals surface area contributed by atoms with Crippen LogP contribution in [0.5, 0.6) is 0 Å². The summed E-state index contributed by atoms with van der Waals surface area (Å²) in [6.45, 7) is 6.57. The van der Waals surface area contributed by atoms with Crippen molar-refractivity contribution in [1.82, 2.24) is 0 Å².